The minimum Gasteiger partial charge on any atom is -0.495 e. The summed E-state index contributed by atoms with van der Waals surface area (Å²) in [6.07, 6.45) is 2.69. The molecule has 0 aliphatic heterocycles. The third-order valence-electron chi connectivity index (χ3n) is 2.96. The van der Waals surface area contributed by atoms with Gasteiger partial charge in [-0.05, 0) is 42.4 Å². The Morgan fingerprint density at radius 1 is 1.53 bits per heavy atom. The Morgan fingerprint density at radius 3 is 2.73 bits per heavy atom. The van der Waals surface area contributed by atoms with Crippen LogP contribution in [0.1, 0.15) is 24.3 Å². The summed E-state index contributed by atoms with van der Waals surface area (Å²) in [4.78, 5) is 0. The fraction of sp³-hybridized carbons (Fsp3) is 0.500. The molecule has 1 saturated carbocycles. The van der Waals surface area contributed by atoms with Crippen molar-refractivity contribution in [3.05, 3.63) is 28.8 Å². The highest BCUT2D eigenvalue weighted by molar-refractivity contribution is 9.09. The predicted octanol–water partition coefficient (Wildman–Crippen LogP) is 4.24. The van der Waals surface area contributed by atoms with Crippen molar-refractivity contribution in [2.24, 2.45) is 5.92 Å². The van der Waals surface area contributed by atoms with Gasteiger partial charge in [0.05, 0.1) is 12.1 Å². The molecule has 1 fully saturated rings. The van der Waals surface area contributed by atoms with Gasteiger partial charge in [-0.25, -0.2) is 0 Å². The minimum atomic E-state index is 0.605. The van der Waals surface area contributed by atoms with E-state index in [1.165, 1.54) is 18.4 Å². The summed E-state index contributed by atoms with van der Waals surface area (Å²) in [5.74, 6) is 2.20. The van der Waals surface area contributed by atoms with Gasteiger partial charge in [-0.1, -0.05) is 33.6 Å². The average molecular weight is 290 g/mol. The van der Waals surface area contributed by atoms with Gasteiger partial charge in [-0.2, -0.15) is 0 Å². The van der Waals surface area contributed by atoms with E-state index in [0.29, 0.717) is 10.9 Å². The van der Waals surface area contributed by atoms with E-state index in [2.05, 4.69) is 22.0 Å². The van der Waals surface area contributed by atoms with E-state index in [-0.39, 0.29) is 0 Å². The van der Waals surface area contributed by atoms with E-state index >= 15 is 0 Å². The third-order valence-corrected chi connectivity index (χ3v) is 3.95. The fourth-order valence-corrected chi connectivity index (χ4v) is 3.07. The van der Waals surface area contributed by atoms with Gasteiger partial charge in [0.25, 0.3) is 0 Å². The van der Waals surface area contributed by atoms with Gasteiger partial charge in [0.15, 0.2) is 0 Å². The molecule has 15 heavy (non-hydrogen) atoms. The van der Waals surface area contributed by atoms with Crippen molar-refractivity contribution in [2.75, 3.05) is 12.4 Å². The van der Waals surface area contributed by atoms with E-state index in [9.17, 15) is 0 Å². The maximum Gasteiger partial charge on any atom is 0.137 e. The predicted molar refractivity (Wildman–Crippen MR) is 67.3 cm³/mol. The first kappa shape index (κ1) is 11.3. The van der Waals surface area contributed by atoms with Crippen molar-refractivity contribution in [1.82, 2.24) is 0 Å². The minimum absolute atomic E-state index is 0.605. The first-order valence-corrected chi connectivity index (χ1v) is 6.65. The zero-order valence-electron chi connectivity index (χ0n) is 8.67. The van der Waals surface area contributed by atoms with Gasteiger partial charge in [0.2, 0.25) is 0 Å². The quantitative estimate of drug-likeness (QED) is 0.754. The summed E-state index contributed by atoms with van der Waals surface area (Å²) in [6, 6.07) is 6.11. The number of rotatable bonds is 4. The fourth-order valence-electron chi connectivity index (χ4n) is 1.90. The number of ether oxygens (including phenoxy) is 1. The van der Waals surface area contributed by atoms with Gasteiger partial charge in [-0.3, -0.25) is 0 Å². The van der Waals surface area contributed by atoms with Crippen LogP contribution in [-0.4, -0.2) is 12.4 Å². The molecule has 1 nitrogen and oxygen atoms in total. The molecular weight excluding hydrogens is 275 g/mol. The molecule has 1 aliphatic carbocycles. The van der Waals surface area contributed by atoms with Gasteiger partial charge in [0.1, 0.15) is 5.75 Å². The van der Waals surface area contributed by atoms with E-state index in [1.807, 2.05) is 12.1 Å². The highest BCUT2D eigenvalue weighted by atomic mass is 79.9. The lowest BCUT2D eigenvalue weighted by Gasteiger charge is -2.14. The molecule has 0 bridgehead atoms. The molecule has 1 aromatic rings. The molecule has 3 heteroatoms. The van der Waals surface area contributed by atoms with Gasteiger partial charge in [-0.15, -0.1) is 0 Å². The van der Waals surface area contributed by atoms with Gasteiger partial charge in [0, 0.05) is 5.33 Å². The zero-order chi connectivity index (χ0) is 10.8. The van der Waals surface area contributed by atoms with Crippen LogP contribution in [0.4, 0.5) is 0 Å². The Balaban J connectivity index is 2.23. The van der Waals surface area contributed by atoms with Crippen molar-refractivity contribution in [3.8, 4) is 5.75 Å². The molecule has 1 atom stereocenters. The zero-order valence-corrected chi connectivity index (χ0v) is 11.0. The largest absolute Gasteiger partial charge is 0.495 e. The Bertz CT molecular complexity index is 349. The second kappa shape index (κ2) is 4.75. The Morgan fingerprint density at radius 2 is 2.27 bits per heavy atom. The second-order valence-corrected chi connectivity index (χ2v) is 5.05. The topological polar surface area (TPSA) is 9.23 Å². The lowest BCUT2D eigenvalue weighted by atomic mass is 9.96. The molecule has 1 aliphatic rings. The van der Waals surface area contributed by atoms with Gasteiger partial charge >= 0.3 is 0 Å². The summed E-state index contributed by atoms with van der Waals surface area (Å²) in [5, 5.41) is 1.72. The van der Waals surface area contributed by atoms with Crippen LogP contribution < -0.4 is 4.74 Å². The molecule has 0 radical (unpaired) electrons. The first-order chi connectivity index (χ1) is 7.26. The normalized spacial score (nSPS) is 17.5. The molecule has 0 saturated heterocycles. The molecule has 0 spiro atoms. The summed E-state index contributed by atoms with van der Waals surface area (Å²) >= 11 is 9.69. The van der Waals surface area contributed by atoms with Crippen LogP contribution in [0.3, 0.4) is 0 Å². The standard InChI is InChI=1S/C12H14BrClO/c1-15-12-5-4-9(6-11(12)14)10(7-13)8-2-3-8/h4-6,8,10H,2-3,7H2,1H3. The summed E-state index contributed by atoms with van der Waals surface area (Å²) < 4.78 is 5.15. The molecule has 0 aromatic heterocycles. The van der Waals surface area contributed by atoms with Crippen LogP contribution in [0.15, 0.2) is 18.2 Å². The smallest absolute Gasteiger partial charge is 0.137 e. The summed E-state index contributed by atoms with van der Waals surface area (Å²) in [6.45, 7) is 0. The van der Waals surface area contributed by atoms with E-state index < -0.39 is 0 Å². The highest BCUT2D eigenvalue weighted by Gasteiger charge is 2.31. The van der Waals surface area contributed by atoms with Crippen LogP contribution in [0.5, 0.6) is 5.75 Å². The molecule has 0 heterocycles. The van der Waals surface area contributed by atoms with Gasteiger partial charge < -0.3 is 4.74 Å². The maximum absolute atomic E-state index is 6.12. The maximum atomic E-state index is 6.12. The molecule has 82 valence electrons. The van der Waals surface area contributed by atoms with E-state index in [1.54, 1.807) is 7.11 Å². The average Bonchev–Trinajstić information content (AvgIpc) is 3.03. The lowest BCUT2D eigenvalue weighted by Crippen LogP contribution is -2.02. The monoisotopic (exact) mass is 288 g/mol. The Kier molecular flexibility index (Phi) is 3.57. The molecule has 2 rings (SSSR count). The molecule has 1 unspecified atom stereocenters. The third kappa shape index (κ3) is 2.48. The number of alkyl halides is 1. The lowest BCUT2D eigenvalue weighted by molar-refractivity contribution is 0.414. The Hall–Kier alpha value is -0.210. The van der Waals surface area contributed by atoms with Crippen LogP contribution in [0.25, 0.3) is 0 Å². The molecule has 0 N–H and O–H groups in total. The first-order valence-electron chi connectivity index (χ1n) is 5.15. The van der Waals surface area contributed by atoms with Crippen molar-refractivity contribution < 1.29 is 4.74 Å². The number of hydrogen-bond acceptors (Lipinski definition) is 1. The number of methoxy groups -OCH3 is 1. The van der Waals surface area contributed by atoms with Crippen molar-refractivity contribution in [1.29, 1.82) is 0 Å². The number of benzene rings is 1. The van der Waals surface area contributed by atoms with Crippen LogP contribution >= 0.6 is 27.5 Å². The SMILES string of the molecule is COc1ccc(C(CBr)C2CC2)cc1Cl. The number of hydrogen-bond donors (Lipinski definition) is 0. The number of halogens is 2. The second-order valence-electron chi connectivity index (χ2n) is 3.99. The van der Waals surface area contributed by atoms with Crippen LogP contribution in [0.2, 0.25) is 5.02 Å². The molecular formula is C12H14BrClO. The van der Waals surface area contributed by atoms with Crippen molar-refractivity contribution in [2.45, 2.75) is 18.8 Å². The highest BCUT2D eigenvalue weighted by Crippen LogP contribution is 2.44. The Labute approximate surface area is 104 Å². The molecule has 0 amide bonds. The summed E-state index contributed by atoms with van der Waals surface area (Å²) in [5.41, 5.74) is 1.32. The van der Waals surface area contributed by atoms with E-state index in [0.717, 1.165) is 17.0 Å². The van der Waals surface area contributed by atoms with Crippen LogP contribution in [-0.2, 0) is 0 Å². The summed E-state index contributed by atoms with van der Waals surface area (Å²) in [7, 11) is 1.64. The molecule has 1 aromatic carbocycles. The van der Waals surface area contributed by atoms with Crippen molar-refractivity contribution in [3.63, 3.8) is 0 Å². The van der Waals surface area contributed by atoms with Crippen molar-refractivity contribution >= 4 is 27.5 Å². The van der Waals surface area contributed by atoms with Crippen LogP contribution in [0, 0.1) is 5.92 Å². The van der Waals surface area contributed by atoms with E-state index in [4.69, 9.17) is 16.3 Å².